The number of para-hydroxylation sites is 1. The summed E-state index contributed by atoms with van der Waals surface area (Å²) in [7, 11) is 5.20. The SMILES string of the molecule is COc1cc(N2CCN(CC(=O)NCCOCCOCCOCCNC(=O)COc3cccc4c3C(=O)N(C3CCC(=O)NC3=O)C4=O)CC2)ccc1Nc1ncc2c(n1)N(C)c1ccccc1C(=O)N2C. The maximum Gasteiger partial charge on any atom is 0.266 e. The van der Waals surface area contributed by atoms with Crippen LogP contribution in [0, 0.1) is 0 Å². The highest BCUT2D eigenvalue weighted by Gasteiger charge is 2.46. The zero-order valence-corrected chi connectivity index (χ0v) is 40.3. The molecule has 0 radical (unpaired) electrons. The van der Waals surface area contributed by atoms with E-state index in [0.29, 0.717) is 80.5 Å². The number of carbonyl (C=O) groups excluding carboxylic acids is 7. The highest BCUT2D eigenvalue weighted by atomic mass is 16.5. The second-order valence-corrected chi connectivity index (χ2v) is 17.1. The van der Waals surface area contributed by atoms with Gasteiger partial charge in [0.2, 0.25) is 23.7 Å². The molecule has 8 rings (SSSR count). The van der Waals surface area contributed by atoms with E-state index in [9.17, 15) is 33.6 Å². The molecule has 0 aliphatic carbocycles. The van der Waals surface area contributed by atoms with E-state index in [-0.39, 0.29) is 67.8 Å². The van der Waals surface area contributed by atoms with Crippen molar-refractivity contribution >= 4 is 75.9 Å². The molecule has 1 aromatic heterocycles. The van der Waals surface area contributed by atoms with Crippen LogP contribution in [0.5, 0.6) is 11.5 Å². The largest absolute Gasteiger partial charge is 0.494 e. The number of imide groups is 2. The van der Waals surface area contributed by atoms with Crippen molar-refractivity contribution in [3.63, 3.8) is 0 Å². The summed E-state index contributed by atoms with van der Waals surface area (Å²) in [6.45, 7) is 5.09. The van der Waals surface area contributed by atoms with Crippen molar-refractivity contribution in [3.05, 3.63) is 83.6 Å². The predicted molar refractivity (Wildman–Crippen MR) is 261 cm³/mol. The van der Waals surface area contributed by atoms with Gasteiger partial charge in [-0.05, 0) is 42.8 Å². The van der Waals surface area contributed by atoms with Crippen molar-refractivity contribution in [3.8, 4) is 11.5 Å². The molecule has 4 aromatic rings. The molecule has 4 N–H and O–H groups in total. The molecule has 4 aliphatic heterocycles. The Morgan fingerprint density at radius 1 is 0.736 bits per heavy atom. The molecule has 7 amide bonds. The number of hydrogen-bond donors (Lipinski definition) is 4. The molecule has 5 heterocycles. The minimum absolute atomic E-state index is 0.000196. The zero-order valence-electron chi connectivity index (χ0n) is 40.3. The summed E-state index contributed by atoms with van der Waals surface area (Å²) in [6.07, 6.45) is 1.66. The van der Waals surface area contributed by atoms with Gasteiger partial charge in [-0.2, -0.15) is 4.98 Å². The number of hydrogen-bond acceptors (Lipinski definition) is 18. The van der Waals surface area contributed by atoms with Crippen LogP contribution >= 0.6 is 0 Å². The Labute approximate surface area is 415 Å². The van der Waals surface area contributed by atoms with Crippen LogP contribution in [0.1, 0.15) is 43.9 Å². The highest BCUT2D eigenvalue weighted by Crippen LogP contribution is 2.39. The van der Waals surface area contributed by atoms with Gasteiger partial charge in [-0.3, -0.25) is 48.7 Å². The number of amides is 7. The lowest BCUT2D eigenvalue weighted by atomic mass is 10.0. The minimum atomic E-state index is -1.11. The molecule has 2 fully saturated rings. The molecule has 1 atom stereocenters. The molecule has 3 aromatic carbocycles. The van der Waals surface area contributed by atoms with Crippen molar-refractivity contribution in [1.29, 1.82) is 0 Å². The Balaban J connectivity index is 0.648. The van der Waals surface area contributed by atoms with Gasteiger partial charge in [0.05, 0.1) is 87.6 Å². The van der Waals surface area contributed by atoms with E-state index in [1.54, 1.807) is 31.3 Å². The normalized spacial score (nSPS) is 16.7. The van der Waals surface area contributed by atoms with E-state index >= 15 is 0 Å². The number of nitrogens with zero attached hydrogens (tertiary/aromatic N) is 7. The van der Waals surface area contributed by atoms with Crippen LogP contribution in [0.2, 0.25) is 0 Å². The molecule has 72 heavy (non-hydrogen) atoms. The molecule has 0 saturated carbocycles. The first-order valence-corrected chi connectivity index (χ1v) is 23.6. The van der Waals surface area contributed by atoms with Crippen LogP contribution in [0.4, 0.5) is 34.5 Å². The maximum absolute atomic E-state index is 13.2. The molecule has 23 nitrogen and oxygen atoms in total. The lowest BCUT2D eigenvalue weighted by Gasteiger charge is -2.36. The summed E-state index contributed by atoms with van der Waals surface area (Å²) < 4.78 is 28.0. The van der Waals surface area contributed by atoms with Crippen molar-refractivity contribution in [2.75, 3.05) is 133 Å². The molecule has 4 aliphatic rings. The smallest absolute Gasteiger partial charge is 0.266 e. The number of ether oxygens (including phenoxy) is 5. The fourth-order valence-electron chi connectivity index (χ4n) is 8.65. The van der Waals surface area contributed by atoms with Crippen molar-refractivity contribution < 1.29 is 57.2 Å². The van der Waals surface area contributed by atoms with Gasteiger partial charge in [0.1, 0.15) is 23.2 Å². The van der Waals surface area contributed by atoms with E-state index in [1.165, 1.54) is 18.2 Å². The second kappa shape index (κ2) is 23.5. The molecule has 2 saturated heterocycles. The van der Waals surface area contributed by atoms with E-state index in [1.807, 2.05) is 48.3 Å². The summed E-state index contributed by atoms with van der Waals surface area (Å²) in [5, 5.41) is 11.0. The van der Waals surface area contributed by atoms with E-state index < -0.39 is 42.2 Å². The minimum Gasteiger partial charge on any atom is -0.494 e. The monoisotopic (exact) mass is 991 g/mol. The summed E-state index contributed by atoms with van der Waals surface area (Å²) in [5.74, 6) is -1.69. The van der Waals surface area contributed by atoms with Gasteiger partial charge in [-0.1, -0.05) is 18.2 Å². The van der Waals surface area contributed by atoms with Crippen molar-refractivity contribution in [1.82, 2.24) is 35.7 Å². The number of benzene rings is 3. The number of fused-ring (bicyclic) bond motifs is 3. The number of piperidine rings is 1. The number of nitrogens with one attached hydrogen (secondary N) is 4. The fraction of sp³-hybridized carbons (Fsp3) is 0.408. The first-order valence-electron chi connectivity index (χ1n) is 23.6. The summed E-state index contributed by atoms with van der Waals surface area (Å²) >= 11 is 0. The number of anilines is 6. The molecule has 0 bridgehead atoms. The Kier molecular flexibility index (Phi) is 16.5. The van der Waals surface area contributed by atoms with Crippen LogP contribution in [0.25, 0.3) is 0 Å². The highest BCUT2D eigenvalue weighted by molar-refractivity contribution is 6.24. The lowest BCUT2D eigenvalue weighted by molar-refractivity contribution is -0.136. The standard InChI is InChI=1S/C49H57N11O12/c1-56-35-9-5-4-7-32(35)46(65)57(2)37-28-52-49(55-44(37)56)53-34-12-11-31(27-39(34)68-3)59-19-17-58(18-20-59)29-41(62)50-15-21-69-23-25-71-26-24-70-22-16-51-42(63)30-72-38-10-6-8-33-43(38)48(67)60(47(33)66)36-13-14-40(61)54-45(36)64/h4-12,27-28,36H,13-26,29-30H2,1-3H3,(H,50,62)(H,51,63)(H,52,53,55)(H,54,61,64). The van der Waals surface area contributed by atoms with E-state index in [2.05, 4.69) is 36.1 Å². The summed E-state index contributed by atoms with van der Waals surface area (Å²) in [5.41, 5.74) is 3.60. The van der Waals surface area contributed by atoms with Crippen LogP contribution in [-0.4, -0.2) is 180 Å². The number of rotatable bonds is 22. The van der Waals surface area contributed by atoms with Gasteiger partial charge in [-0.15, -0.1) is 0 Å². The maximum atomic E-state index is 13.2. The molecular formula is C49H57N11O12. The first-order chi connectivity index (χ1) is 34.9. The molecule has 0 spiro atoms. The van der Waals surface area contributed by atoms with Gasteiger partial charge in [-0.25, -0.2) is 4.98 Å². The summed E-state index contributed by atoms with van der Waals surface area (Å²) in [6, 6.07) is 16.6. The predicted octanol–water partition coefficient (Wildman–Crippen LogP) is 1.47. The van der Waals surface area contributed by atoms with Gasteiger partial charge in [0.25, 0.3) is 23.6 Å². The topological polar surface area (TPSA) is 256 Å². The average Bonchev–Trinajstić information content (AvgIpc) is 3.61. The first kappa shape index (κ1) is 50.7. The van der Waals surface area contributed by atoms with Crippen LogP contribution in [-0.2, 0) is 33.4 Å². The third-order valence-electron chi connectivity index (χ3n) is 12.4. The summed E-state index contributed by atoms with van der Waals surface area (Å²) in [4.78, 5) is 106. The van der Waals surface area contributed by atoms with Crippen LogP contribution in [0.3, 0.4) is 0 Å². The quantitative estimate of drug-likeness (QED) is 0.0642. The molecule has 380 valence electrons. The zero-order chi connectivity index (χ0) is 50.7. The van der Waals surface area contributed by atoms with Crippen LogP contribution in [0.15, 0.2) is 66.9 Å². The number of carbonyl (C=O) groups is 7. The van der Waals surface area contributed by atoms with Gasteiger partial charge < -0.3 is 54.3 Å². The third-order valence-corrected chi connectivity index (χ3v) is 12.4. The number of aromatic nitrogens is 2. The van der Waals surface area contributed by atoms with Crippen molar-refractivity contribution in [2.45, 2.75) is 18.9 Å². The Morgan fingerprint density at radius 3 is 2.15 bits per heavy atom. The number of methoxy groups -OCH3 is 1. The van der Waals surface area contributed by atoms with Crippen LogP contribution < -0.4 is 45.4 Å². The number of piperazine rings is 1. The average molecular weight is 992 g/mol. The van der Waals surface area contributed by atoms with Gasteiger partial charge in [0.15, 0.2) is 12.4 Å². The van der Waals surface area contributed by atoms with E-state index in [0.717, 1.165) is 29.4 Å². The van der Waals surface area contributed by atoms with Gasteiger partial charge >= 0.3 is 0 Å². The van der Waals surface area contributed by atoms with Gasteiger partial charge in [0, 0.05) is 71.5 Å². The molecular weight excluding hydrogens is 935 g/mol. The second-order valence-electron chi connectivity index (χ2n) is 17.1. The Bertz CT molecular complexity index is 2700. The lowest BCUT2D eigenvalue weighted by Crippen LogP contribution is -2.54. The fourth-order valence-corrected chi connectivity index (χ4v) is 8.65. The molecule has 23 heteroatoms. The van der Waals surface area contributed by atoms with E-state index in [4.69, 9.17) is 28.7 Å². The Morgan fingerprint density at radius 2 is 1.43 bits per heavy atom. The van der Waals surface area contributed by atoms with Crippen molar-refractivity contribution in [2.24, 2.45) is 0 Å². The third kappa shape index (κ3) is 11.7. The Hall–Kier alpha value is -7.73. The molecule has 1 unspecified atom stereocenters.